The molecule has 1 amide bonds. The average molecular weight is 485 g/mol. The second-order valence-corrected chi connectivity index (χ2v) is 9.31. The lowest BCUT2D eigenvalue weighted by atomic mass is 10.1. The molecule has 0 bridgehead atoms. The van der Waals surface area contributed by atoms with Gasteiger partial charge in [0, 0.05) is 54.9 Å². The van der Waals surface area contributed by atoms with Gasteiger partial charge in [-0.1, -0.05) is 18.2 Å². The lowest BCUT2D eigenvalue weighted by Crippen LogP contribution is -2.44. The first kappa shape index (κ1) is 23.8. The third-order valence-corrected chi connectivity index (χ3v) is 6.62. The molecule has 36 heavy (non-hydrogen) atoms. The molecular weight excluding hydrogens is 452 g/mol. The highest BCUT2D eigenvalue weighted by atomic mass is 16.5. The Bertz CT molecular complexity index is 1290. The van der Waals surface area contributed by atoms with Gasteiger partial charge in [-0.2, -0.15) is 5.10 Å². The third kappa shape index (κ3) is 5.66. The summed E-state index contributed by atoms with van der Waals surface area (Å²) in [7, 11) is 3.79. The fraction of sp³-hybridized carbons (Fsp3) is 0.321. The van der Waals surface area contributed by atoms with Gasteiger partial charge >= 0.3 is 0 Å². The monoisotopic (exact) mass is 484 g/mol. The van der Waals surface area contributed by atoms with Crippen LogP contribution in [0.15, 0.2) is 66.9 Å². The Morgan fingerprint density at radius 3 is 2.42 bits per heavy atom. The summed E-state index contributed by atoms with van der Waals surface area (Å²) in [5, 5.41) is 11.5. The van der Waals surface area contributed by atoms with Crippen LogP contribution in [0.5, 0.6) is 5.75 Å². The molecule has 2 N–H and O–H groups in total. The van der Waals surface area contributed by atoms with Gasteiger partial charge in [0.25, 0.3) is 0 Å². The van der Waals surface area contributed by atoms with Crippen molar-refractivity contribution in [1.82, 2.24) is 20.1 Å². The lowest BCUT2D eigenvalue weighted by molar-refractivity contribution is -0.117. The van der Waals surface area contributed by atoms with Crippen LogP contribution in [0.2, 0.25) is 0 Å². The van der Waals surface area contributed by atoms with Crippen molar-refractivity contribution in [3.63, 3.8) is 0 Å². The van der Waals surface area contributed by atoms with Crippen LogP contribution >= 0.6 is 0 Å². The minimum Gasteiger partial charge on any atom is -0.497 e. The van der Waals surface area contributed by atoms with E-state index in [9.17, 15) is 4.79 Å². The molecule has 8 nitrogen and oxygen atoms in total. The lowest BCUT2D eigenvalue weighted by Gasteiger charge is -2.33. The summed E-state index contributed by atoms with van der Waals surface area (Å²) >= 11 is 0. The van der Waals surface area contributed by atoms with Crippen molar-refractivity contribution < 1.29 is 9.53 Å². The summed E-state index contributed by atoms with van der Waals surface area (Å²) in [6, 6.07) is 19.8. The molecule has 2 fully saturated rings. The van der Waals surface area contributed by atoms with E-state index in [1.54, 1.807) is 7.11 Å². The van der Waals surface area contributed by atoms with E-state index >= 15 is 0 Å². The maximum absolute atomic E-state index is 11.4. The smallest absolute Gasteiger partial charge is 0.227 e. The number of ether oxygens (including phenoxy) is 1. The standard InChI is InChI=1S/C17H19N5.C11H13NO2/c1-21-8-10-22(11-9-21)16-7-6-13(12-18-16)17-14-4-2-3-5-15(14)19-20-17;1-14-10-6-4-9(5-7-10)12-11(13)8-2-3-8/h2-7,12H,8-11H2,1H3,(H,19,20);4-8H,2-3H2,1H3,(H,12,13). The van der Waals surface area contributed by atoms with E-state index in [1.165, 1.54) is 0 Å². The van der Waals surface area contributed by atoms with Crippen LogP contribution in [-0.2, 0) is 4.79 Å². The number of pyridine rings is 1. The van der Waals surface area contributed by atoms with Crippen LogP contribution in [0.3, 0.4) is 0 Å². The second kappa shape index (κ2) is 10.8. The molecule has 3 heterocycles. The SMILES string of the molecule is CN1CCN(c2ccc(-c3n[nH]c4ccccc34)cn2)CC1.COc1ccc(NC(=O)C2CC2)cc1. The Morgan fingerprint density at radius 2 is 1.75 bits per heavy atom. The van der Waals surface area contributed by atoms with E-state index < -0.39 is 0 Å². The number of aromatic nitrogens is 3. The first-order valence-electron chi connectivity index (χ1n) is 12.4. The number of para-hydroxylation sites is 1. The van der Waals surface area contributed by atoms with Crippen molar-refractivity contribution in [1.29, 1.82) is 0 Å². The number of carbonyl (C=O) groups excluding carboxylic acids is 1. The summed E-state index contributed by atoms with van der Waals surface area (Å²) in [6.45, 7) is 4.25. The van der Waals surface area contributed by atoms with Gasteiger partial charge in [-0.05, 0) is 62.4 Å². The van der Waals surface area contributed by atoms with Crippen LogP contribution in [0.4, 0.5) is 11.5 Å². The number of benzene rings is 2. The van der Waals surface area contributed by atoms with Crippen LogP contribution in [0.1, 0.15) is 12.8 Å². The molecule has 0 spiro atoms. The third-order valence-electron chi connectivity index (χ3n) is 6.62. The molecule has 1 saturated heterocycles. The van der Waals surface area contributed by atoms with Crippen molar-refractivity contribution in [2.75, 3.05) is 50.6 Å². The van der Waals surface area contributed by atoms with Gasteiger partial charge in [0.15, 0.2) is 0 Å². The zero-order valence-electron chi connectivity index (χ0n) is 20.8. The maximum atomic E-state index is 11.4. The molecule has 186 valence electrons. The van der Waals surface area contributed by atoms with Crippen molar-refractivity contribution in [2.45, 2.75) is 12.8 Å². The van der Waals surface area contributed by atoms with E-state index in [1.807, 2.05) is 48.7 Å². The second-order valence-electron chi connectivity index (χ2n) is 9.31. The molecule has 0 radical (unpaired) electrons. The Balaban J connectivity index is 0.000000165. The van der Waals surface area contributed by atoms with Crippen LogP contribution < -0.4 is 15.0 Å². The maximum Gasteiger partial charge on any atom is 0.227 e. The number of methoxy groups -OCH3 is 1. The van der Waals surface area contributed by atoms with Crippen molar-refractivity contribution in [3.05, 3.63) is 66.9 Å². The van der Waals surface area contributed by atoms with Crippen LogP contribution in [-0.4, -0.2) is 66.3 Å². The molecule has 0 atom stereocenters. The number of hydrogen-bond donors (Lipinski definition) is 2. The molecule has 6 rings (SSSR count). The van der Waals surface area contributed by atoms with Crippen molar-refractivity contribution in [3.8, 4) is 17.0 Å². The number of aromatic amines is 1. The zero-order valence-corrected chi connectivity index (χ0v) is 20.8. The first-order valence-corrected chi connectivity index (χ1v) is 12.4. The van der Waals surface area contributed by atoms with Gasteiger partial charge in [0.05, 0.1) is 12.6 Å². The number of H-pyrrole nitrogens is 1. The molecule has 0 unspecified atom stereocenters. The molecule has 1 aliphatic heterocycles. The highest BCUT2D eigenvalue weighted by molar-refractivity contribution is 5.94. The Hall–Kier alpha value is -3.91. The van der Waals surface area contributed by atoms with Gasteiger partial charge in [-0.3, -0.25) is 9.89 Å². The normalized spacial score (nSPS) is 15.8. The summed E-state index contributed by atoms with van der Waals surface area (Å²) < 4.78 is 5.02. The fourth-order valence-corrected chi connectivity index (χ4v) is 4.20. The minimum absolute atomic E-state index is 0.134. The molecule has 8 heteroatoms. The molecule has 1 saturated carbocycles. The van der Waals surface area contributed by atoms with Gasteiger partial charge in [0.1, 0.15) is 17.3 Å². The molecule has 4 aromatic rings. The number of nitrogens with one attached hydrogen (secondary N) is 2. The van der Waals surface area contributed by atoms with Gasteiger partial charge in [-0.25, -0.2) is 4.98 Å². The summed E-state index contributed by atoms with van der Waals surface area (Å²) in [4.78, 5) is 20.7. The summed E-state index contributed by atoms with van der Waals surface area (Å²) in [6.07, 6.45) is 3.99. The van der Waals surface area contributed by atoms with Gasteiger partial charge in [-0.15, -0.1) is 0 Å². The van der Waals surface area contributed by atoms with Crippen molar-refractivity contribution in [2.24, 2.45) is 5.92 Å². The molecular formula is C28H32N6O2. The van der Waals surface area contributed by atoms with E-state index in [2.05, 4.69) is 55.5 Å². The minimum atomic E-state index is 0.134. The van der Waals surface area contributed by atoms with Gasteiger partial charge < -0.3 is 19.9 Å². The Morgan fingerprint density at radius 1 is 1.00 bits per heavy atom. The quantitative estimate of drug-likeness (QED) is 0.436. The molecule has 2 aromatic heterocycles. The highest BCUT2D eigenvalue weighted by Gasteiger charge is 2.29. The molecule has 2 aliphatic rings. The number of rotatable bonds is 5. The Labute approximate surface area is 211 Å². The summed E-state index contributed by atoms with van der Waals surface area (Å²) in [5.41, 5.74) is 3.91. The highest BCUT2D eigenvalue weighted by Crippen LogP contribution is 2.30. The summed E-state index contributed by atoms with van der Waals surface area (Å²) in [5.74, 6) is 2.23. The number of likely N-dealkylation sites (N-methyl/N-ethyl adjacent to an activating group) is 1. The molecule has 2 aromatic carbocycles. The first-order chi connectivity index (χ1) is 17.6. The predicted octanol–water partition coefficient (Wildman–Crippen LogP) is 4.42. The number of nitrogens with zero attached hydrogens (tertiary/aromatic N) is 4. The number of fused-ring (bicyclic) bond motifs is 1. The van der Waals surface area contributed by atoms with E-state index in [4.69, 9.17) is 4.74 Å². The number of hydrogen-bond acceptors (Lipinski definition) is 6. The van der Waals surface area contributed by atoms with Crippen LogP contribution in [0, 0.1) is 5.92 Å². The topological polar surface area (TPSA) is 86.4 Å². The number of amides is 1. The van der Waals surface area contributed by atoms with Crippen molar-refractivity contribution >= 4 is 28.3 Å². The van der Waals surface area contributed by atoms with E-state index in [-0.39, 0.29) is 11.8 Å². The number of carbonyl (C=O) groups is 1. The predicted molar refractivity (Wildman–Crippen MR) is 143 cm³/mol. The fourth-order valence-electron chi connectivity index (χ4n) is 4.20. The number of piperazine rings is 1. The zero-order chi connectivity index (χ0) is 24.9. The Kier molecular flexibility index (Phi) is 7.13. The van der Waals surface area contributed by atoms with Crippen LogP contribution in [0.25, 0.3) is 22.2 Å². The van der Waals surface area contributed by atoms with E-state index in [0.29, 0.717) is 0 Å². The largest absolute Gasteiger partial charge is 0.497 e. The van der Waals surface area contributed by atoms with E-state index in [0.717, 1.165) is 78.4 Å². The number of anilines is 2. The average Bonchev–Trinajstić information content (AvgIpc) is 3.69. The van der Waals surface area contributed by atoms with Gasteiger partial charge in [0.2, 0.25) is 5.91 Å². The molecule has 1 aliphatic carbocycles.